The Bertz CT molecular complexity index is 366. The van der Waals surface area contributed by atoms with E-state index in [4.69, 9.17) is 22.1 Å². The Morgan fingerprint density at radius 1 is 1.33 bits per heavy atom. The SMILES string of the molecule is CCOc1ccc(Cl)cc1CCCC(N)C(C)C. The average Bonchev–Trinajstić information content (AvgIpc) is 2.32. The number of ether oxygens (including phenoxy) is 1. The van der Waals surface area contributed by atoms with Crippen LogP contribution in [0.4, 0.5) is 0 Å². The molecule has 3 heteroatoms. The average molecular weight is 270 g/mol. The molecule has 0 saturated heterocycles. The lowest BCUT2D eigenvalue weighted by molar-refractivity contribution is 0.335. The Hall–Kier alpha value is -0.730. The van der Waals surface area contributed by atoms with Gasteiger partial charge >= 0.3 is 0 Å². The van der Waals surface area contributed by atoms with Crippen molar-refractivity contribution in [2.45, 2.75) is 46.1 Å². The number of nitrogens with two attached hydrogens (primary N) is 1. The van der Waals surface area contributed by atoms with Crippen LogP contribution in [0.2, 0.25) is 5.02 Å². The lowest BCUT2D eigenvalue weighted by atomic mass is 9.97. The van der Waals surface area contributed by atoms with Gasteiger partial charge in [-0.25, -0.2) is 0 Å². The summed E-state index contributed by atoms with van der Waals surface area (Å²) in [6.07, 6.45) is 3.08. The minimum Gasteiger partial charge on any atom is -0.494 e. The highest BCUT2D eigenvalue weighted by atomic mass is 35.5. The van der Waals surface area contributed by atoms with Crippen LogP contribution in [0.1, 0.15) is 39.2 Å². The molecule has 1 rings (SSSR count). The van der Waals surface area contributed by atoms with E-state index in [1.807, 2.05) is 25.1 Å². The smallest absolute Gasteiger partial charge is 0.122 e. The second-order valence-corrected chi connectivity index (χ2v) is 5.42. The van der Waals surface area contributed by atoms with Crippen LogP contribution in [-0.4, -0.2) is 12.6 Å². The number of hydrogen-bond donors (Lipinski definition) is 1. The summed E-state index contributed by atoms with van der Waals surface area (Å²) < 4.78 is 5.61. The molecule has 0 aliphatic carbocycles. The number of rotatable bonds is 7. The van der Waals surface area contributed by atoms with Crippen LogP contribution in [0.5, 0.6) is 5.75 Å². The molecule has 1 aromatic rings. The van der Waals surface area contributed by atoms with Gasteiger partial charge in [-0.05, 0) is 55.9 Å². The zero-order chi connectivity index (χ0) is 13.5. The summed E-state index contributed by atoms with van der Waals surface area (Å²) in [5, 5.41) is 0.765. The van der Waals surface area contributed by atoms with E-state index in [1.165, 1.54) is 5.56 Å². The lowest BCUT2D eigenvalue weighted by Crippen LogP contribution is -2.26. The van der Waals surface area contributed by atoms with Crippen molar-refractivity contribution in [1.29, 1.82) is 0 Å². The van der Waals surface area contributed by atoms with Crippen molar-refractivity contribution < 1.29 is 4.74 Å². The van der Waals surface area contributed by atoms with E-state index in [2.05, 4.69) is 13.8 Å². The van der Waals surface area contributed by atoms with Crippen molar-refractivity contribution in [2.75, 3.05) is 6.61 Å². The van der Waals surface area contributed by atoms with Crippen LogP contribution >= 0.6 is 11.6 Å². The predicted octanol–water partition coefficient (Wildman–Crippen LogP) is 4.04. The second kappa shape index (κ2) is 7.65. The summed E-state index contributed by atoms with van der Waals surface area (Å²) in [6.45, 7) is 7.00. The fourth-order valence-corrected chi connectivity index (χ4v) is 2.10. The highest BCUT2D eigenvalue weighted by Crippen LogP contribution is 2.25. The Morgan fingerprint density at radius 2 is 2.06 bits per heavy atom. The molecule has 0 spiro atoms. The first-order valence-electron chi connectivity index (χ1n) is 6.71. The van der Waals surface area contributed by atoms with Gasteiger partial charge in [0.1, 0.15) is 5.75 Å². The van der Waals surface area contributed by atoms with Gasteiger partial charge in [-0.3, -0.25) is 0 Å². The fourth-order valence-electron chi connectivity index (χ4n) is 1.90. The van der Waals surface area contributed by atoms with Gasteiger partial charge < -0.3 is 10.5 Å². The van der Waals surface area contributed by atoms with Crippen LogP contribution in [0.25, 0.3) is 0 Å². The van der Waals surface area contributed by atoms with E-state index in [-0.39, 0.29) is 6.04 Å². The number of aryl methyl sites for hydroxylation is 1. The van der Waals surface area contributed by atoms with Gasteiger partial charge in [0.05, 0.1) is 6.61 Å². The summed E-state index contributed by atoms with van der Waals surface area (Å²) in [6, 6.07) is 6.09. The normalized spacial score (nSPS) is 12.8. The van der Waals surface area contributed by atoms with Gasteiger partial charge in [0.2, 0.25) is 0 Å². The van der Waals surface area contributed by atoms with Gasteiger partial charge in [-0.2, -0.15) is 0 Å². The molecule has 102 valence electrons. The summed E-state index contributed by atoms with van der Waals surface area (Å²) in [7, 11) is 0. The molecule has 0 fully saturated rings. The van der Waals surface area contributed by atoms with Crippen molar-refractivity contribution in [3.05, 3.63) is 28.8 Å². The van der Waals surface area contributed by atoms with E-state index in [1.54, 1.807) is 0 Å². The Morgan fingerprint density at radius 3 is 2.67 bits per heavy atom. The minimum absolute atomic E-state index is 0.278. The van der Waals surface area contributed by atoms with E-state index < -0.39 is 0 Å². The zero-order valence-electron chi connectivity index (χ0n) is 11.6. The summed E-state index contributed by atoms with van der Waals surface area (Å²) in [5.74, 6) is 1.48. The molecule has 0 heterocycles. The molecule has 0 aliphatic rings. The summed E-state index contributed by atoms with van der Waals surface area (Å²) >= 11 is 6.03. The third-order valence-electron chi connectivity index (χ3n) is 3.16. The van der Waals surface area contributed by atoms with Crippen molar-refractivity contribution in [1.82, 2.24) is 0 Å². The molecule has 0 aliphatic heterocycles. The molecule has 1 unspecified atom stereocenters. The predicted molar refractivity (Wildman–Crippen MR) is 78.4 cm³/mol. The molecule has 2 nitrogen and oxygen atoms in total. The van der Waals surface area contributed by atoms with Crippen molar-refractivity contribution in [3.8, 4) is 5.75 Å². The Balaban J connectivity index is 2.57. The van der Waals surface area contributed by atoms with Gasteiger partial charge in [0.15, 0.2) is 0 Å². The van der Waals surface area contributed by atoms with E-state index in [9.17, 15) is 0 Å². The third-order valence-corrected chi connectivity index (χ3v) is 3.40. The topological polar surface area (TPSA) is 35.2 Å². The van der Waals surface area contributed by atoms with Crippen molar-refractivity contribution in [2.24, 2.45) is 11.7 Å². The van der Waals surface area contributed by atoms with E-state index in [0.717, 1.165) is 30.0 Å². The van der Waals surface area contributed by atoms with Crippen LogP contribution in [0, 0.1) is 5.92 Å². The number of hydrogen-bond acceptors (Lipinski definition) is 2. The zero-order valence-corrected chi connectivity index (χ0v) is 12.3. The first kappa shape index (κ1) is 15.3. The van der Waals surface area contributed by atoms with Gasteiger partial charge in [-0.1, -0.05) is 25.4 Å². The number of benzene rings is 1. The summed E-state index contributed by atoms with van der Waals surface area (Å²) in [5.41, 5.74) is 7.23. The van der Waals surface area contributed by atoms with Gasteiger partial charge in [0, 0.05) is 11.1 Å². The Labute approximate surface area is 115 Å². The lowest BCUT2D eigenvalue weighted by Gasteiger charge is -2.16. The molecule has 0 radical (unpaired) electrons. The fraction of sp³-hybridized carbons (Fsp3) is 0.600. The van der Waals surface area contributed by atoms with Gasteiger partial charge in [0.25, 0.3) is 0 Å². The molecule has 0 aromatic heterocycles. The van der Waals surface area contributed by atoms with Crippen LogP contribution in [0.3, 0.4) is 0 Å². The first-order chi connectivity index (χ1) is 8.54. The van der Waals surface area contributed by atoms with Crippen LogP contribution < -0.4 is 10.5 Å². The molecule has 1 aromatic carbocycles. The molecular formula is C15H24ClNO. The van der Waals surface area contributed by atoms with Crippen molar-refractivity contribution >= 4 is 11.6 Å². The number of halogens is 1. The van der Waals surface area contributed by atoms with Gasteiger partial charge in [-0.15, -0.1) is 0 Å². The standard InChI is InChI=1S/C15H24ClNO/c1-4-18-15-9-8-13(16)10-12(15)6-5-7-14(17)11(2)3/h8-11,14H,4-7,17H2,1-3H3. The van der Waals surface area contributed by atoms with Crippen molar-refractivity contribution in [3.63, 3.8) is 0 Å². The second-order valence-electron chi connectivity index (χ2n) is 4.99. The largest absolute Gasteiger partial charge is 0.494 e. The maximum absolute atomic E-state index is 6.05. The van der Waals surface area contributed by atoms with Crippen LogP contribution in [-0.2, 0) is 6.42 Å². The van der Waals surface area contributed by atoms with Crippen LogP contribution in [0.15, 0.2) is 18.2 Å². The quantitative estimate of drug-likeness (QED) is 0.811. The molecule has 0 amide bonds. The Kier molecular flexibility index (Phi) is 6.51. The molecule has 18 heavy (non-hydrogen) atoms. The molecule has 2 N–H and O–H groups in total. The maximum Gasteiger partial charge on any atom is 0.122 e. The monoisotopic (exact) mass is 269 g/mol. The van der Waals surface area contributed by atoms with E-state index >= 15 is 0 Å². The first-order valence-corrected chi connectivity index (χ1v) is 7.09. The molecular weight excluding hydrogens is 246 g/mol. The van der Waals surface area contributed by atoms with E-state index in [0.29, 0.717) is 12.5 Å². The highest BCUT2D eigenvalue weighted by molar-refractivity contribution is 6.30. The maximum atomic E-state index is 6.05. The molecule has 0 bridgehead atoms. The molecule has 0 saturated carbocycles. The minimum atomic E-state index is 0.278. The highest BCUT2D eigenvalue weighted by Gasteiger charge is 2.09. The third kappa shape index (κ3) is 4.87. The molecule has 1 atom stereocenters. The summed E-state index contributed by atoms with van der Waals surface area (Å²) in [4.78, 5) is 0.